The topological polar surface area (TPSA) is 57.5 Å². The largest absolute Gasteiger partial charge is 0.505 e. The molecule has 5 heteroatoms. The number of hydrogen-bond donors (Lipinski definition) is 2. The normalized spacial score (nSPS) is 9.83. The fourth-order valence-corrected chi connectivity index (χ4v) is 1.40. The number of phenols is 1. The number of carbonyl (C=O) groups is 1. The highest BCUT2D eigenvalue weighted by Gasteiger charge is 2.13. The van der Waals surface area contributed by atoms with E-state index in [9.17, 15) is 9.90 Å². The summed E-state index contributed by atoms with van der Waals surface area (Å²) in [6.45, 7) is 0. The molecule has 0 aliphatic rings. The highest BCUT2D eigenvalue weighted by Crippen LogP contribution is 2.34. The van der Waals surface area contributed by atoms with Gasteiger partial charge in [0.1, 0.15) is 5.75 Å². The molecule has 1 aromatic rings. The van der Waals surface area contributed by atoms with Crippen molar-refractivity contribution in [2.75, 3.05) is 0 Å². The minimum atomic E-state index is -1.16. The second kappa shape index (κ2) is 3.33. The Morgan fingerprint density at radius 3 is 2.58 bits per heavy atom. The molecule has 1 rings (SSSR count). The molecule has 3 nitrogen and oxygen atoms in total. The molecule has 0 amide bonds. The Labute approximate surface area is 81.7 Å². The van der Waals surface area contributed by atoms with Gasteiger partial charge in [-0.05, 0) is 28.1 Å². The van der Waals surface area contributed by atoms with E-state index < -0.39 is 5.97 Å². The van der Waals surface area contributed by atoms with Crippen LogP contribution in [0.5, 0.6) is 5.75 Å². The van der Waals surface area contributed by atoms with Gasteiger partial charge in [0.05, 0.1) is 15.1 Å². The first-order valence-electron chi connectivity index (χ1n) is 2.94. The van der Waals surface area contributed by atoms with Crippen LogP contribution in [0.2, 0.25) is 5.02 Å². The summed E-state index contributed by atoms with van der Waals surface area (Å²) < 4.78 is 0.373. The van der Waals surface area contributed by atoms with E-state index in [1.807, 2.05) is 0 Å². The smallest absolute Gasteiger partial charge is 0.337 e. The van der Waals surface area contributed by atoms with Crippen LogP contribution in [0.3, 0.4) is 0 Å². The number of halogens is 2. The van der Waals surface area contributed by atoms with Crippen LogP contribution in [0.25, 0.3) is 0 Å². The molecule has 0 fully saturated rings. The minimum absolute atomic E-state index is 0.114. The lowest BCUT2D eigenvalue weighted by Crippen LogP contribution is -1.96. The van der Waals surface area contributed by atoms with Crippen LogP contribution in [0.15, 0.2) is 16.6 Å². The average molecular weight is 251 g/mol. The molecule has 0 radical (unpaired) electrons. The van der Waals surface area contributed by atoms with Crippen molar-refractivity contribution in [2.24, 2.45) is 0 Å². The third-order valence-electron chi connectivity index (χ3n) is 1.30. The summed E-state index contributed by atoms with van der Waals surface area (Å²) in [6, 6.07) is 2.74. The lowest BCUT2D eigenvalue weighted by molar-refractivity contribution is 0.0696. The number of hydrogen-bond acceptors (Lipinski definition) is 2. The zero-order chi connectivity index (χ0) is 9.30. The van der Waals surface area contributed by atoms with Crippen LogP contribution >= 0.6 is 27.5 Å². The quantitative estimate of drug-likeness (QED) is 0.806. The van der Waals surface area contributed by atoms with Crippen molar-refractivity contribution in [2.45, 2.75) is 0 Å². The van der Waals surface area contributed by atoms with Crippen LogP contribution in [0, 0.1) is 0 Å². The molecule has 64 valence electrons. The molecular formula is C7H4BrClO3. The second-order valence-electron chi connectivity index (χ2n) is 2.06. The SMILES string of the molecule is O=C(O)c1ccc(Br)c(O)c1Cl. The third kappa shape index (κ3) is 1.54. The number of carboxylic acid groups (broad SMARTS) is 1. The highest BCUT2D eigenvalue weighted by molar-refractivity contribution is 9.10. The van der Waals surface area contributed by atoms with E-state index >= 15 is 0 Å². The van der Waals surface area contributed by atoms with Crippen molar-refractivity contribution >= 4 is 33.5 Å². The second-order valence-corrected chi connectivity index (χ2v) is 3.29. The van der Waals surface area contributed by atoms with Gasteiger partial charge in [-0.3, -0.25) is 0 Å². The average Bonchev–Trinajstić information content (AvgIpc) is 2.00. The molecule has 0 saturated heterocycles. The molecule has 0 atom stereocenters. The molecule has 0 aromatic heterocycles. The van der Waals surface area contributed by atoms with Crippen molar-refractivity contribution in [3.63, 3.8) is 0 Å². The highest BCUT2D eigenvalue weighted by atomic mass is 79.9. The van der Waals surface area contributed by atoms with E-state index in [1.165, 1.54) is 12.1 Å². The molecule has 0 saturated carbocycles. The number of aromatic hydroxyl groups is 1. The van der Waals surface area contributed by atoms with Gasteiger partial charge in [0.25, 0.3) is 0 Å². The lowest BCUT2D eigenvalue weighted by atomic mass is 10.2. The molecule has 0 unspecified atom stereocenters. The summed E-state index contributed by atoms with van der Waals surface area (Å²) >= 11 is 8.53. The number of carboxylic acids is 1. The zero-order valence-electron chi connectivity index (χ0n) is 5.71. The third-order valence-corrected chi connectivity index (χ3v) is 2.32. The molecule has 0 bridgehead atoms. The maximum absolute atomic E-state index is 10.5. The summed E-state index contributed by atoms with van der Waals surface area (Å²) in [5, 5.41) is 17.6. The van der Waals surface area contributed by atoms with Crippen molar-refractivity contribution < 1.29 is 15.0 Å². The van der Waals surface area contributed by atoms with E-state index in [1.54, 1.807) is 0 Å². The summed E-state index contributed by atoms with van der Waals surface area (Å²) in [6.07, 6.45) is 0. The summed E-state index contributed by atoms with van der Waals surface area (Å²) in [5.74, 6) is -1.42. The molecular weight excluding hydrogens is 247 g/mol. The predicted molar refractivity (Wildman–Crippen MR) is 47.8 cm³/mol. The van der Waals surface area contributed by atoms with Crippen LogP contribution in [0.1, 0.15) is 10.4 Å². The van der Waals surface area contributed by atoms with Crippen LogP contribution < -0.4 is 0 Å². The van der Waals surface area contributed by atoms with Crippen LogP contribution in [-0.4, -0.2) is 16.2 Å². The van der Waals surface area contributed by atoms with Gasteiger partial charge < -0.3 is 10.2 Å². The minimum Gasteiger partial charge on any atom is -0.505 e. The Bertz CT molecular complexity index is 338. The Balaban J connectivity index is 3.36. The van der Waals surface area contributed by atoms with E-state index in [2.05, 4.69) is 15.9 Å². The first kappa shape index (κ1) is 9.35. The fourth-order valence-electron chi connectivity index (χ4n) is 0.706. The van der Waals surface area contributed by atoms with Crippen molar-refractivity contribution in [3.8, 4) is 5.75 Å². The maximum Gasteiger partial charge on any atom is 0.337 e. The van der Waals surface area contributed by atoms with Crippen LogP contribution in [-0.2, 0) is 0 Å². The van der Waals surface area contributed by atoms with Crippen molar-refractivity contribution in [1.82, 2.24) is 0 Å². The van der Waals surface area contributed by atoms with Crippen molar-refractivity contribution in [3.05, 3.63) is 27.2 Å². The Morgan fingerprint density at radius 2 is 2.08 bits per heavy atom. The molecule has 2 N–H and O–H groups in total. The number of aromatic carboxylic acids is 1. The standard InChI is InChI=1S/C7H4BrClO3/c8-4-2-1-3(7(11)12)5(9)6(4)10/h1-2,10H,(H,11,12). The maximum atomic E-state index is 10.5. The molecule has 1 aromatic carbocycles. The Kier molecular flexibility index (Phi) is 2.59. The Morgan fingerprint density at radius 1 is 1.50 bits per heavy atom. The van der Waals surface area contributed by atoms with E-state index in [0.29, 0.717) is 4.47 Å². The summed E-state index contributed by atoms with van der Waals surface area (Å²) in [4.78, 5) is 10.5. The number of phenolic OH excluding ortho intramolecular Hbond substituents is 1. The van der Waals surface area contributed by atoms with Crippen molar-refractivity contribution in [1.29, 1.82) is 0 Å². The van der Waals surface area contributed by atoms with Gasteiger partial charge in [0.2, 0.25) is 0 Å². The molecule has 0 aliphatic heterocycles. The van der Waals surface area contributed by atoms with E-state index in [-0.39, 0.29) is 16.3 Å². The molecule has 0 aliphatic carbocycles. The number of benzene rings is 1. The van der Waals surface area contributed by atoms with Gasteiger partial charge in [-0.25, -0.2) is 4.79 Å². The van der Waals surface area contributed by atoms with Gasteiger partial charge in [0, 0.05) is 0 Å². The molecule has 0 heterocycles. The zero-order valence-corrected chi connectivity index (χ0v) is 8.06. The number of rotatable bonds is 1. The van der Waals surface area contributed by atoms with Gasteiger partial charge in [0.15, 0.2) is 0 Å². The molecule has 12 heavy (non-hydrogen) atoms. The van der Waals surface area contributed by atoms with Gasteiger partial charge in [-0.2, -0.15) is 0 Å². The molecule has 0 spiro atoms. The van der Waals surface area contributed by atoms with E-state index in [0.717, 1.165) is 0 Å². The van der Waals surface area contributed by atoms with E-state index in [4.69, 9.17) is 16.7 Å². The summed E-state index contributed by atoms with van der Waals surface area (Å²) in [5.41, 5.74) is -0.114. The van der Waals surface area contributed by atoms with Gasteiger partial charge in [-0.1, -0.05) is 11.6 Å². The lowest BCUT2D eigenvalue weighted by Gasteiger charge is -2.02. The summed E-state index contributed by atoms with van der Waals surface area (Å²) in [7, 11) is 0. The van der Waals surface area contributed by atoms with Crippen LogP contribution in [0.4, 0.5) is 0 Å². The fraction of sp³-hybridized carbons (Fsp3) is 0. The Hall–Kier alpha value is -0.740. The monoisotopic (exact) mass is 250 g/mol. The van der Waals surface area contributed by atoms with Gasteiger partial charge >= 0.3 is 5.97 Å². The first-order valence-corrected chi connectivity index (χ1v) is 4.11. The predicted octanol–water partition coefficient (Wildman–Crippen LogP) is 2.51. The first-order chi connectivity index (χ1) is 5.54. The van der Waals surface area contributed by atoms with Gasteiger partial charge in [-0.15, -0.1) is 0 Å².